The number of ether oxygens (including phenoxy) is 1. The van der Waals surface area contributed by atoms with Crippen molar-refractivity contribution in [3.8, 4) is 0 Å². The lowest BCUT2D eigenvalue weighted by molar-refractivity contribution is -0.121. The van der Waals surface area contributed by atoms with Gasteiger partial charge in [0.1, 0.15) is 6.61 Å². The number of benzene rings is 2. The van der Waals surface area contributed by atoms with Gasteiger partial charge in [-0.25, -0.2) is 14.6 Å². The fourth-order valence-electron chi connectivity index (χ4n) is 4.24. The number of aromatic nitrogens is 1. The van der Waals surface area contributed by atoms with Gasteiger partial charge in [0.25, 0.3) is 0 Å². The second kappa shape index (κ2) is 7.98. The number of amides is 1. The largest absolute Gasteiger partial charge is 0.457 e. The number of carbonyl (C=O) groups excluding carboxylic acids is 2. The third kappa shape index (κ3) is 3.52. The fraction of sp³-hybridized carbons (Fsp3) is 0.304. The van der Waals surface area contributed by atoms with Gasteiger partial charge in [-0.2, -0.15) is 0 Å². The summed E-state index contributed by atoms with van der Waals surface area (Å²) in [5.41, 5.74) is 4.32. The Balaban J connectivity index is 1.28. The molecule has 5 rings (SSSR count). The molecule has 2 aliphatic rings. The van der Waals surface area contributed by atoms with E-state index in [2.05, 4.69) is 9.83 Å². The van der Waals surface area contributed by atoms with E-state index in [-0.39, 0.29) is 25.0 Å². The molecule has 0 radical (unpaired) electrons. The summed E-state index contributed by atoms with van der Waals surface area (Å²) < 4.78 is 5.97. The summed E-state index contributed by atoms with van der Waals surface area (Å²) in [5, 5.41) is 11.5. The maximum Gasteiger partial charge on any atom is 0.338 e. The van der Waals surface area contributed by atoms with Crippen molar-refractivity contribution in [1.29, 1.82) is 0 Å². The van der Waals surface area contributed by atoms with Gasteiger partial charge in [0.2, 0.25) is 5.91 Å². The minimum absolute atomic E-state index is 0.0717. The Labute approximate surface area is 188 Å². The summed E-state index contributed by atoms with van der Waals surface area (Å²) in [6, 6.07) is 8.78. The van der Waals surface area contributed by atoms with Crippen molar-refractivity contribution >= 4 is 44.2 Å². The van der Waals surface area contributed by atoms with Crippen LogP contribution >= 0.6 is 11.3 Å². The monoisotopic (exact) mass is 448 g/mol. The fourth-order valence-corrected chi connectivity index (χ4v) is 5.28. The SMILES string of the molecule is [C-]#[N+]c1ccc2nc(N3CCN(C[C@H](O)c4ccc5c(c4C)COC5=O)CC3=O)sc2c1. The minimum atomic E-state index is -0.773. The highest BCUT2D eigenvalue weighted by Crippen LogP contribution is 2.33. The molecular formula is C23H20N4O4S. The Bertz CT molecular complexity index is 1300. The summed E-state index contributed by atoms with van der Waals surface area (Å²) in [6.45, 7) is 10.9. The van der Waals surface area contributed by atoms with Crippen LogP contribution in [0.15, 0.2) is 30.3 Å². The van der Waals surface area contributed by atoms with Gasteiger partial charge >= 0.3 is 5.97 Å². The number of nitrogens with zero attached hydrogens (tertiary/aromatic N) is 4. The third-order valence-electron chi connectivity index (χ3n) is 6.02. The number of aliphatic hydroxyl groups excluding tert-OH is 1. The zero-order valence-electron chi connectivity index (χ0n) is 17.4. The predicted molar refractivity (Wildman–Crippen MR) is 120 cm³/mol. The van der Waals surface area contributed by atoms with Crippen LogP contribution in [-0.4, -0.2) is 53.0 Å². The summed E-state index contributed by atoms with van der Waals surface area (Å²) in [4.78, 5) is 36.2. The van der Waals surface area contributed by atoms with E-state index >= 15 is 0 Å². The molecule has 1 amide bonds. The van der Waals surface area contributed by atoms with Crippen LogP contribution in [0.25, 0.3) is 15.1 Å². The van der Waals surface area contributed by atoms with Gasteiger partial charge in [0.05, 0.1) is 30.3 Å². The smallest absolute Gasteiger partial charge is 0.338 e. The molecule has 9 heteroatoms. The summed E-state index contributed by atoms with van der Waals surface area (Å²) in [6.07, 6.45) is -0.773. The van der Waals surface area contributed by atoms with Crippen LogP contribution < -0.4 is 4.90 Å². The standard InChI is InChI=1S/C23H20N4O4S/c1-13-15(4-5-16-17(13)12-31-22(16)30)19(28)10-26-7-8-27(21(29)11-26)23-25-18-6-3-14(24-2)9-20(18)32-23/h3-6,9,19,28H,7-8,10-12H2,1H3/t19-/m0/s1. The molecule has 1 fully saturated rings. The van der Waals surface area contributed by atoms with E-state index in [9.17, 15) is 14.7 Å². The first-order valence-corrected chi connectivity index (χ1v) is 11.0. The van der Waals surface area contributed by atoms with Crippen LogP contribution in [0, 0.1) is 13.5 Å². The molecule has 162 valence electrons. The van der Waals surface area contributed by atoms with Crippen molar-refractivity contribution in [3.63, 3.8) is 0 Å². The highest BCUT2D eigenvalue weighted by atomic mass is 32.1. The number of cyclic esters (lactones) is 1. The average Bonchev–Trinajstić information content (AvgIpc) is 3.37. The second-order valence-electron chi connectivity index (χ2n) is 7.94. The van der Waals surface area contributed by atoms with Crippen LogP contribution in [0.5, 0.6) is 0 Å². The molecule has 1 aromatic heterocycles. The Morgan fingerprint density at radius 2 is 2.12 bits per heavy atom. The number of anilines is 1. The molecular weight excluding hydrogens is 428 g/mol. The molecule has 0 spiro atoms. The summed E-state index contributed by atoms with van der Waals surface area (Å²) in [7, 11) is 0. The first kappa shape index (κ1) is 20.6. The zero-order chi connectivity index (χ0) is 22.4. The van der Waals surface area contributed by atoms with Crippen LogP contribution in [0.2, 0.25) is 0 Å². The molecule has 1 N–H and O–H groups in total. The number of hydrogen-bond acceptors (Lipinski definition) is 7. The van der Waals surface area contributed by atoms with Gasteiger partial charge in [0.15, 0.2) is 10.8 Å². The van der Waals surface area contributed by atoms with Crippen LogP contribution in [-0.2, 0) is 16.1 Å². The molecule has 3 heterocycles. The highest BCUT2D eigenvalue weighted by Gasteiger charge is 2.30. The molecule has 2 aliphatic heterocycles. The molecule has 3 aromatic rings. The number of carbonyl (C=O) groups is 2. The molecule has 0 bridgehead atoms. The number of esters is 1. The Morgan fingerprint density at radius 3 is 2.91 bits per heavy atom. The van der Waals surface area contributed by atoms with Crippen LogP contribution in [0.1, 0.15) is 33.2 Å². The molecule has 0 saturated carbocycles. The molecule has 0 aliphatic carbocycles. The predicted octanol–water partition coefficient (Wildman–Crippen LogP) is 3.21. The van der Waals surface area contributed by atoms with Gasteiger partial charge < -0.3 is 9.84 Å². The van der Waals surface area contributed by atoms with Crippen molar-refractivity contribution in [2.24, 2.45) is 0 Å². The Kier molecular flexibility index (Phi) is 5.13. The van der Waals surface area contributed by atoms with E-state index in [0.717, 1.165) is 26.9 Å². The maximum absolute atomic E-state index is 12.8. The number of rotatable bonds is 4. The lowest BCUT2D eigenvalue weighted by Crippen LogP contribution is -2.51. The van der Waals surface area contributed by atoms with E-state index in [4.69, 9.17) is 11.3 Å². The number of hydrogen-bond donors (Lipinski definition) is 1. The normalized spacial score (nSPS) is 17.3. The van der Waals surface area contributed by atoms with Crippen LogP contribution in [0.4, 0.5) is 10.8 Å². The molecule has 32 heavy (non-hydrogen) atoms. The number of thiazole rings is 1. The molecule has 2 aromatic carbocycles. The van der Waals surface area contributed by atoms with E-state index in [1.54, 1.807) is 35.2 Å². The summed E-state index contributed by atoms with van der Waals surface area (Å²) >= 11 is 1.41. The lowest BCUT2D eigenvalue weighted by Gasteiger charge is -2.34. The number of β-amino-alcohol motifs (C(OH)–C–C–N with tert-alkyl or cyclic N) is 1. The van der Waals surface area contributed by atoms with Gasteiger partial charge in [-0.1, -0.05) is 23.5 Å². The second-order valence-corrected chi connectivity index (χ2v) is 8.95. The first-order chi connectivity index (χ1) is 15.4. The molecule has 1 saturated heterocycles. The lowest BCUT2D eigenvalue weighted by atomic mass is 9.95. The van der Waals surface area contributed by atoms with E-state index in [1.165, 1.54) is 11.3 Å². The maximum atomic E-state index is 12.8. The van der Waals surface area contributed by atoms with Crippen molar-refractivity contribution in [2.75, 3.05) is 31.1 Å². The minimum Gasteiger partial charge on any atom is -0.457 e. The quantitative estimate of drug-likeness (QED) is 0.487. The molecule has 1 atom stereocenters. The highest BCUT2D eigenvalue weighted by molar-refractivity contribution is 7.22. The number of piperazine rings is 1. The van der Waals surface area contributed by atoms with Crippen LogP contribution in [0.3, 0.4) is 0 Å². The van der Waals surface area contributed by atoms with Crippen molar-refractivity contribution in [3.05, 3.63) is 64.0 Å². The zero-order valence-corrected chi connectivity index (χ0v) is 18.2. The van der Waals surface area contributed by atoms with Crippen molar-refractivity contribution in [1.82, 2.24) is 9.88 Å². The first-order valence-electron chi connectivity index (χ1n) is 10.2. The Hall–Kier alpha value is -3.32. The van der Waals surface area contributed by atoms with E-state index in [1.807, 2.05) is 11.8 Å². The van der Waals surface area contributed by atoms with Gasteiger partial charge in [-0.3, -0.25) is 14.6 Å². The molecule has 0 unspecified atom stereocenters. The summed E-state index contributed by atoms with van der Waals surface area (Å²) in [5.74, 6) is -0.399. The van der Waals surface area contributed by atoms with Gasteiger partial charge in [-0.05, 0) is 36.2 Å². The van der Waals surface area contributed by atoms with Crippen molar-refractivity contribution in [2.45, 2.75) is 19.6 Å². The topological polar surface area (TPSA) is 87.3 Å². The number of aliphatic hydroxyl groups is 1. The van der Waals surface area contributed by atoms with Crippen molar-refractivity contribution < 1.29 is 19.4 Å². The van der Waals surface area contributed by atoms with Gasteiger partial charge in [-0.15, -0.1) is 0 Å². The van der Waals surface area contributed by atoms with E-state index < -0.39 is 6.10 Å². The molecule has 8 nitrogen and oxygen atoms in total. The van der Waals surface area contributed by atoms with Gasteiger partial charge in [0, 0.05) is 29.9 Å². The average molecular weight is 449 g/mol. The third-order valence-corrected chi connectivity index (χ3v) is 7.06. The van der Waals surface area contributed by atoms with E-state index in [0.29, 0.717) is 36.0 Å². The Morgan fingerprint density at radius 1 is 1.28 bits per heavy atom. The number of fused-ring (bicyclic) bond motifs is 2.